The number of nitrogens with one attached hydrogen (secondary N) is 1. The quantitative estimate of drug-likeness (QED) is 0.806. The number of imidazole rings is 1. The van der Waals surface area contributed by atoms with E-state index >= 15 is 0 Å². The van der Waals surface area contributed by atoms with Crippen molar-refractivity contribution in [1.82, 2.24) is 19.7 Å². The van der Waals surface area contributed by atoms with Crippen LogP contribution in [0.2, 0.25) is 0 Å². The summed E-state index contributed by atoms with van der Waals surface area (Å²) in [5, 5.41) is 2.98. The standard InChI is InChI=1S/C18H18N4O/c1-12-17(22-7-3-2-4-16(22)21-12)18(23)20-10-13-8-15(11-19-9-13)14-5-6-14/h2-4,7-9,11,14H,5-6,10H2,1H3,(H,20,23). The lowest BCUT2D eigenvalue weighted by atomic mass is 10.1. The molecule has 1 amide bonds. The van der Waals surface area contributed by atoms with E-state index in [-0.39, 0.29) is 5.91 Å². The second kappa shape index (κ2) is 5.50. The minimum Gasteiger partial charge on any atom is -0.347 e. The summed E-state index contributed by atoms with van der Waals surface area (Å²) in [5.74, 6) is 0.553. The van der Waals surface area contributed by atoms with Crippen LogP contribution in [0.25, 0.3) is 5.65 Å². The molecule has 5 nitrogen and oxygen atoms in total. The van der Waals surface area contributed by atoms with Crippen LogP contribution in [0.15, 0.2) is 42.9 Å². The van der Waals surface area contributed by atoms with Crippen LogP contribution in [0, 0.1) is 6.92 Å². The normalized spacial score (nSPS) is 14.1. The summed E-state index contributed by atoms with van der Waals surface area (Å²) >= 11 is 0. The molecule has 3 aromatic rings. The van der Waals surface area contributed by atoms with Crippen molar-refractivity contribution in [3.8, 4) is 0 Å². The average Bonchev–Trinajstić information content (AvgIpc) is 3.35. The Labute approximate surface area is 134 Å². The molecule has 0 aromatic carbocycles. The Bertz CT molecular complexity index is 880. The molecule has 1 N–H and O–H groups in total. The van der Waals surface area contributed by atoms with Gasteiger partial charge in [-0.1, -0.05) is 12.1 Å². The zero-order valence-electron chi connectivity index (χ0n) is 13.0. The van der Waals surface area contributed by atoms with Crippen molar-refractivity contribution in [1.29, 1.82) is 0 Å². The largest absolute Gasteiger partial charge is 0.347 e. The zero-order valence-corrected chi connectivity index (χ0v) is 13.0. The Morgan fingerprint density at radius 1 is 1.35 bits per heavy atom. The number of aryl methyl sites for hydroxylation is 1. The molecule has 0 spiro atoms. The highest BCUT2D eigenvalue weighted by Crippen LogP contribution is 2.39. The number of amides is 1. The van der Waals surface area contributed by atoms with E-state index in [0.717, 1.165) is 16.9 Å². The number of hydrogen-bond donors (Lipinski definition) is 1. The number of hydrogen-bond acceptors (Lipinski definition) is 3. The molecule has 23 heavy (non-hydrogen) atoms. The number of pyridine rings is 2. The van der Waals surface area contributed by atoms with E-state index in [2.05, 4.69) is 21.4 Å². The van der Waals surface area contributed by atoms with Crippen LogP contribution in [-0.2, 0) is 6.54 Å². The Kier molecular flexibility index (Phi) is 3.33. The van der Waals surface area contributed by atoms with Gasteiger partial charge in [0.05, 0.1) is 5.69 Å². The predicted molar refractivity (Wildman–Crippen MR) is 87.3 cm³/mol. The van der Waals surface area contributed by atoms with Crippen LogP contribution >= 0.6 is 0 Å². The van der Waals surface area contributed by atoms with E-state index in [1.165, 1.54) is 18.4 Å². The third kappa shape index (κ3) is 2.70. The maximum atomic E-state index is 12.6. The molecule has 0 radical (unpaired) electrons. The lowest BCUT2D eigenvalue weighted by Crippen LogP contribution is -2.25. The number of carbonyl (C=O) groups is 1. The molecule has 3 heterocycles. The maximum Gasteiger partial charge on any atom is 0.270 e. The molecule has 1 aliphatic carbocycles. The van der Waals surface area contributed by atoms with E-state index < -0.39 is 0 Å². The summed E-state index contributed by atoms with van der Waals surface area (Å²) < 4.78 is 1.82. The van der Waals surface area contributed by atoms with Gasteiger partial charge in [-0.15, -0.1) is 0 Å². The van der Waals surface area contributed by atoms with Crippen molar-refractivity contribution in [3.05, 3.63) is 65.4 Å². The zero-order chi connectivity index (χ0) is 15.8. The number of fused-ring (bicyclic) bond motifs is 1. The number of aromatic nitrogens is 3. The highest BCUT2D eigenvalue weighted by atomic mass is 16.1. The van der Waals surface area contributed by atoms with Crippen molar-refractivity contribution in [3.63, 3.8) is 0 Å². The van der Waals surface area contributed by atoms with Crippen LogP contribution in [0.3, 0.4) is 0 Å². The second-order valence-corrected chi connectivity index (χ2v) is 6.06. The van der Waals surface area contributed by atoms with Gasteiger partial charge in [-0.3, -0.25) is 14.2 Å². The summed E-state index contributed by atoms with van der Waals surface area (Å²) in [5.41, 5.74) is 4.43. The van der Waals surface area contributed by atoms with Crippen LogP contribution in [0.4, 0.5) is 0 Å². The third-order valence-corrected chi connectivity index (χ3v) is 4.24. The van der Waals surface area contributed by atoms with Crippen molar-refractivity contribution in [2.45, 2.75) is 32.2 Å². The Morgan fingerprint density at radius 2 is 2.22 bits per heavy atom. The monoisotopic (exact) mass is 306 g/mol. The first kappa shape index (κ1) is 13.9. The summed E-state index contributed by atoms with van der Waals surface area (Å²) in [4.78, 5) is 21.3. The molecule has 116 valence electrons. The molecule has 0 aliphatic heterocycles. The smallest absolute Gasteiger partial charge is 0.270 e. The SMILES string of the molecule is Cc1nc2ccccn2c1C(=O)NCc1cncc(C2CC2)c1. The van der Waals surface area contributed by atoms with Gasteiger partial charge in [0.15, 0.2) is 0 Å². The topological polar surface area (TPSA) is 59.3 Å². The van der Waals surface area contributed by atoms with Gasteiger partial charge in [0.25, 0.3) is 5.91 Å². The molecule has 0 unspecified atom stereocenters. The van der Waals surface area contributed by atoms with E-state index in [9.17, 15) is 4.79 Å². The summed E-state index contributed by atoms with van der Waals surface area (Å²) in [6.07, 6.45) is 8.10. The maximum absolute atomic E-state index is 12.6. The molecule has 0 bridgehead atoms. The van der Waals surface area contributed by atoms with Crippen LogP contribution in [-0.4, -0.2) is 20.3 Å². The van der Waals surface area contributed by atoms with Gasteiger partial charge in [-0.25, -0.2) is 4.98 Å². The lowest BCUT2D eigenvalue weighted by molar-refractivity contribution is 0.0944. The van der Waals surface area contributed by atoms with Gasteiger partial charge in [-0.2, -0.15) is 0 Å². The van der Waals surface area contributed by atoms with Gasteiger partial charge in [0.1, 0.15) is 11.3 Å². The summed E-state index contributed by atoms with van der Waals surface area (Å²) in [6.45, 7) is 2.34. The minimum absolute atomic E-state index is 0.113. The number of carbonyl (C=O) groups excluding carboxylic acids is 1. The molecule has 4 rings (SSSR count). The molecule has 3 aromatic heterocycles. The molecule has 5 heteroatoms. The van der Waals surface area contributed by atoms with Crippen LogP contribution in [0.1, 0.15) is 46.1 Å². The molecule has 1 saturated carbocycles. The molecule has 1 aliphatic rings. The molecular formula is C18H18N4O. The fourth-order valence-electron chi connectivity index (χ4n) is 2.90. The lowest BCUT2D eigenvalue weighted by Gasteiger charge is -2.07. The minimum atomic E-state index is -0.113. The molecular weight excluding hydrogens is 288 g/mol. The van der Waals surface area contributed by atoms with E-state index in [4.69, 9.17) is 0 Å². The fraction of sp³-hybridized carbons (Fsp3) is 0.278. The van der Waals surface area contributed by atoms with Crippen molar-refractivity contribution < 1.29 is 4.79 Å². The van der Waals surface area contributed by atoms with Gasteiger partial charge in [-0.05, 0) is 48.9 Å². The van der Waals surface area contributed by atoms with Crippen LogP contribution < -0.4 is 5.32 Å². The van der Waals surface area contributed by atoms with Crippen molar-refractivity contribution in [2.75, 3.05) is 0 Å². The highest BCUT2D eigenvalue weighted by molar-refractivity contribution is 5.94. The fourth-order valence-corrected chi connectivity index (χ4v) is 2.90. The first-order valence-electron chi connectivity index (χ1n) is 7.88. The Morgan fingerprint density at radius 3 is 3.04 bits per heavy atom. The predicted octanol–water partition coefficient (Wildman–Crippen LogP) is 2.85. The Hall–Kier alpha value is -2.69. The van der Waals surface area contributed by atoms with E-state index in [0.29, 0.717) is 18.2 Å². The van der Waals surface area contributed by atoms with E-state index in [1.807, 2.05) is 48.1 Å². The number of rotatable bonds is 4. The molecule has 1 fully saturated rings. The first-order chi connectivity index (χ1) is 11.2. The van der Waals surface area contributed by atoms with Crippen molar-refractivity contribution in [2.24, 2.45) is 0 Å². The third-order valence-electron chi connectivity index (χ3n) is 4.24. The van der Waals surface area contributed by atoms with Gasteiger partial charge >= 0.3 is 0 Å². The van der Waals surface area contributed by atoms with Gasteiger partial charge in [0, 0.05) is 25.1 Å². The second-order valence-electron chi connectivity index (χ2n) is 6.06. The average molecular weight is 306 g/mol. The Balaban J connectivity index is 1.53. The molecule has 0 atom stereocenters. The first-order valence-corrected chi connectivity index (χ1v) is 7.88. The van der Waals surface area contributed by atoms with Crippen molar-refractivity contribution >= 4 is 11.6 Å². The van der Waals surface area contributed by atoms with Gasteiger partial charge < -0.3 is 5.32 Å². The van der Waals surface area contributed by atoms with Crippen LogP contribution in [0.5, 0.6) is 0 Å². The summed E-state index contributed by atoms with van der Waals surface area (Å²) in [7, 11) is 0. The van der Waals surface area contributed by atoms with E-state index in [1.54, 1.807) is 0 Å². The van der Waals surface area contributed by atoms with Gasteiger partial charge in [0.2, 0.25) is 0 Å². The molecule has 0 saturated heterocycles. The highest BCUT2D eigenvalue weighted by Gasteiger charge is 2.24. The summed E-state index contributed by atoms with van der Waals surface area (Å²) in [6, 6.07) is 7.85. The number of nitrogens with zero attached hydrogens (tertiary/aromatic N) is 3.